The molecule has 1 atom stereocenters. The lowest BCUT2D eigenvalue weighted by Gasteiger charge is -2.25. The Labute approximate surface area is 137 Å². The summed E-state index contributed by atoms with van der Waals surface area (Å²) in [6.45, 7) is 9.73. The van der Waals surface area contributed by atoms with Gasteiger partial charge in [0.25, 0.3) is 0 Å². The number of nitrogens with zero attached hydrogens (tertiary/aromatic N) is 3. The van der Waals surface area contributed by atoms with E-state index in [4.69, 9.17) is 4.74 Å². The van der Waals surface area contributed by atoms with Crippen LogP contribution in [0.2, 0.25) is 0 Å². The van der Waals surface area contributed by atoms with Gasteiger partial charge in [-0.15, -0.1) is 0 Å². The smallest absolute Gasteiger partial charge is 0.128 e. The molecule has 2 N–H and O–H groups in total. The molecule has 1 aliphatic heterocycles. The fraction of sp³-hybridized carbons (Fsp3) is 0.529. The molecule has 2 aromatic rings. The molecule has 2 aromatic heterocycles. The summed E-state index contributed by atoms with van der Waals surface area (Å²) in [7, 11) is 1.71. The Hall–Kier alpha value is -2.08. The number of hydrogen-bond donors (Lipinski definition) is 2. The van der Waals surface area contributed by atoms with Crippen LogP contribution >= 0.6 is 0 Å². The Bertz CT molecular complexity index is 695. The van der Waals surface area contributed by atoms with Gasteiger partial charge < -0.3 is 15.4 Å². The summed E-state index contributed by atoms with van der Waals surface area (Å²) in [5, 5.41) is 11.5. The zero-order chi connectivity index (χ0) is 16.4. The van der Waals surface area contributed by atoms with Gasteiger partial charge in [0.15, 0.2) is 0 Å². The average Bonchev–Trinajstić information content (AvgIpc) is 2.89. The SMILES string of the molecule is COc1c(C)cnc(CNCC2CNc3cc(C)nn3C2)c1C. The lowest BCUT2D eigenvalue weighted by atomic mass is 10.1. The molecule has 0 aliphatic carbocycles. The molecule has 0 saturated carbocycles. The molecule has 0 fully saturated rings. The van der Waals surface area contributed by atoms with Gasteiger partial charge in [0.05, 0.1) is 18.5 Å². The van der Waals surface area contributed by atoms with Crippen molar-refractivity contribution in [1.29, 1.82) is 0 Å². The molecular weight excluding hydrogens is 290 g/mol. The summed E-state index contributed by atoms with van der Waals surface area (Å²) in [6, 6.07) is 2.09. The number of rotatable bonds is 5. The van der Waals surface area contributed by atoms with Crippen LogP contribution in [0.5, 0.6) is 5.75 Å². The van der Waals surface area contributed by atoms with Gasteiger partial charge in [0, 0.05) is 55.5 Å². The third kappa shape index (κ3) is 3.32. The lowest BCUT2D eigenvalue weighted by Crippen LogP contribution is -2.35. The maximum absolute atomic E-state index is 5.46. The topological polar surface area (TPSA) is 64.0 Å². The van der Waals surface area contributed by atoms with Crippen LogP contribution < -0.4 is 15.4 Å². The zero-order valence-corrected chi connectivity index (χ0v) is 14.3. The van der Waals surface area contributed by atoms with E-state index in [1.54, 1.807) is 7.11 Å². The van der Waals surface area contributed by atoms with Crippen molar-refractivity contribution in [2.75, 3.05) is 25.5 Å². The van der Waals surface area contributed by atoms with E-state index in [0.29, 0.717) is 5.92 Å². The monoisotopic (exact) mass is 315 g/mol. The van der Waals surface area contributed by atoms with Crippen LogP contribution in [0, 0.1) is 26.7 Å². The molecule has 6 nitrogen and oxygen atoms in total. The first-order valence-electron chi connectivity index (χ1n) is 8.06. The number of hydrogen-bond acceptors (Lipinski definition) is 5. The highest BCUT2D eigenvalue weighted by Gasteiger charge is 2.19. The van der Waals surface area contributed by atoms with Gasteiger partial charge in [-0.05, 0) is 20.8 Å². The molecule has 1 unspecified atom stereocenters. The van der Waals surface area contributed by atoms with Gasteiger partial charge >= 0.3 is 0 Å². The second kappa shape index (κ2) is 6.58. The average molecular weight is 315 g/mol. The first-order chi connectivity index (χ1) is 11.1. The maximum atomic E-state index is 5.46. The molecular formula is C17H25N5O. The summed E-state index contributed by atoms with van der Waals surface area (Å²) < 4.78 is 7.52. The standard InChI is InChI=1S/C17H25N5O/c1-11-6-19-15(13(3)17(11)23-4)9-18-7-14-8-20-16-5-12(2)21-22(16)10-14/h5-6,14,18,20H,7-10H2,1-4H3. The first kappa shape index (κ1) is 15.8. The number of nitrogens with one attached hydrogen (secondary N) is 2. The zero-order valence-electron chi connectivity index (χ0n) is 14.3. The summed E-state index contributed by atoms with van der Waals surface area (Å²) in [4.78, 5) is 4.53. The second-order valence-corrected chi connectivity index (χ2v) is 6.28. The molecule has 6 heteroatoms. The number of ether oxygens (including phenoxy) is 1. The molecule has 3 rings (SSSR count). The lowest BCUT2D eigenvalue weighted by molar-refractivity contribution is 0.388. The van der Waals surface area contributed by atoms with Crippen molar-refractivity contribution in [3.05, 3.63) is 34.8 Å². The van der Waals surface area contributed by atoms with E-state index in [-0.39, 0.29) is 0 Å². The van der Waals surface area contributed by atoms with Gasteiger partial charge in [-0.2, -0.15) is 5.10 Å². The number of pyridine rings is 1. The van der Waals surface area contributed by atoms with Crippen molar-refractivity contribution in [1.82, 2.24) is 20.1 Å². The third-order valence-electron chi connectivity index (χ3n) is 4.38. The summed E-state index contributed by atoms with van der Waals surface area (Å²) in [6.07, 6.45) is 1.88. The third-order valence-corrected chi connectivity index (χ3v) is 4.38. The molecule has 0 bridgehead atoms. The number of fused-ring (bicyclic) bond motifs is 1. The summed E-state index contributed by atoms with van der Waals surface area (Å²) in [5.41, 5.74) is 4.30. The van der Waals surface area contributed by atoms with Crippen molar-refractivity contribution in [2.45, 2.75) is 33.9 Å². The van der Waals surface area contributed by atoms with Crippen LogP contribution in [-0.2, 0) is 13.1 Å². The van der Waals surface area contributed by atoms with Crippen molar-refractivity contribution < 1.29 is 4.74 Å². The van der Waals surface area contributed by atoms with Crippen LogP contribution in [0.3, 0.4) is 0 Å². The van der Waals surface area contributed by atoms with Gasteiger partial charge in [-0.25, -0.2) is 4.68 Å². The molecule has 0 radical (unpaired) electrons. The van der Waals surface area contributed by atoms with Gasteiger partial charge in [-0.1, -0.05) is 0 Å². The van der Waals surface area contributed by atoms with Crippen molar-refractivity contribution in [3.63, 3.8) is 0 Å². The van der Waals surface area contributed by atoms with E-state index < -0.39 is 0 Å². The molecule has 0 amide bonds. The van der Waals surface area contributed by atoms with Crippen LogP contribution in [0.25, 0.3) is 0 Å². The Kier molecular flexibility index (Phi) is 4.52. The van der Waals surface area contributed by atoms with Crippen LogP contribution in [0.4, 0.5) is 5.82 Å². The first-order valence-corrected chi connectivity index (χ1v) is 8.06. The molecule has 0 aromatic carbocycles. The Morgan fingerprint density at radius 2 is 2.22 bits per heavy atom. The molecule has 124 valence electrons. The van der Waals surface area contributed by atoms with E-state index in [0.717, 1.165) is 60.3 Å². The Morgan fingerprint density at radius 1 is 1.39 bits per heavy atom. The number of aromatic nitrogens is 3. The fourth-order valence-electron chi connectivity index (χ4n) is 3.17. The highest BCUT2D eigenvalue weighted by atomic mass is 16.5. The Balaban J connectivity index is 1.56. The molecule has 1 aliphatic rings. The van der Waals surface area contributed by atoms with E-state index in [1.807, 2.05) is 20.0 Å². The van der Waals surface area contributed by atoms with E-state index >= 15 is 0 Å². The molecule has 3 heterocycles. The largest absolute Gasteiger partial charge is 0.496 e. The number of aryl methyl sites for hydroxylation is 2. The minimum absolute atomic E-state index is 0.523. The minimum Gasteiger partial charge on any atom is -0.496 e. The van der Waals surface area contributed by atoms with Crippen molar-refractivity contribution >= 4 is 5.82 Å². The van der Waals surface area contributed by atoms with E-state index in [1.165, 1.54) is 0 Å². The number of anilines is 1. The van der Waals surface area contributed by atoms with Crippen LogP contribution in [-0.4, -0.2) is 35.0 Å². The van der Waals surface area contributed by atoms with Crippen molar-refractivity contribution in [3.8, 4) is 5.75 Å². The molecule has 0 saturated heterocycles. The van der Waals surface area contributed by atoms with Crippen LogP contribution in [0.1, 0.15) is 22.5 Å². The fourth-order valence-corrected chi connectivity index (χ4v) is 3.17. The predicted octanol–water partition coefficient (Wildman–Crippen LogP) is 2.04. The minimum atomic E-state index is 0.523. The Morgan fingerprint density at radius 3 is 3.00 bits per heavy atom. The van der Waals surface area contributed by atoms with Gasteiger partial charge in [-0.3, -0.25) is 4.98 Å². The van der Waals surface area contributed by atoms with Gasteiger partial charge in [0.1, 0.15) is 11.6 Å². The predicted molar refractivity (Wildman–Crippen MR) is 90.9 cm³/mol. The van der Waals surface area contributed by atoms with Gasteiger partial charge in [0.2, 0.25) is 0 Å². The highest BCUT2D eigenvalue weighted by molar-refractivity contribution is 5.41. The summed E-state index contributed by atoms with van der Waals surface area (Å²) in [5.74, 6) is 2.58. The summed E-state index contributed by atoms with van der Waals surface area (Å²) >= 11 is 0. The van der Waals surface area contributed by atoms with E-state index in [2.05, 4.69) is 38.4 Å². The van der Waals surface area contributed by atoms with E-state index in [9.17, 15) is 0 Å². The number of methoxy groups -OCH3 is 1. The highest BCUT2D eigenvalue weighted by Crippen LogP contribution is 2.24. The normalized spacial score (nSPS) is 16.8. The quantitative estimate of drug-likeness (QED) is 0.884. The van der Waals surface area contributed by atoms with Crippen LogP contribution in [0.15, 0.2) is 12.3 Å². The second-order valence-electron chi connectivity index (χ2n) is 6.28. The molecule has 23 heavy (non-hydrogen) atoms. The van der Waals surface area contributed by atoms with Crippen molar-refractivity contribution in [2.24, 2.45) is 5.92 Å². The molecule has 0 spiro atoms. The maximum Gasteiger partial charge on any atom is 0.128 e.